The van der Waals surface area contributed by atoms with Crippen LogP contribution < -0.4 is 0 Å². The van der Waals surface area contributed by atoms with Gasteiger partial charge in [0.05, 0.1) is 5.57 Å². The van der Waals surface area contributed by atoms with Gasteiger partial charge in [-0.05, 0) is 29.3 Å². The molecule has 96 valence electrons. The summed E-state index contributed by atoms with van der Waals surface area (Å²) in [6, 6.07) is 12.9. The van der Waals surface area contributed by atoms with Crippen molar-refractivity contribution in [3.63, 3.8) is 0 Å². The molecule has 0 amide bonds. The topological polar surface area (TPSA) is 77.8 Å². The summed E-state index contributed by atoms with van der Waals surface area (Å²) >= 11 is 0. The molecule has 4 nitrogen and oxygen atoms in total. The molecule has 0 fully saturated rings. The monoisotopic (exact) mass is 256 g/mol. The molecule has 0 atom stereocenters. The van der Waals surface area contributed by atoms with Crippen molar-refractivity contribution in [2.75, 3.05) is 0 Å². The van der Waals surface area contributed by atoms with E-state index in [1.807, 2.05) is 6.07 Å². The van der Waals surface area contributed by atoms with E-state index in [-0.39, 0.29) is 17.1 Å². The molecule has 0 aliphatic heterocycles. The lowest BCUT2D eigenvalue weighted by Crippen LogP contribution is -1.99. The second-order valence-corrected chi connectivity index (χ2v) is 3.98. The quantitative estimate of drug-likeness (QED) is 0.448. The molecule has 0 spiro atoms. The van der Waals surface area contributed by atoms with Gasteiger partial charge in [0.15, 0.2) is 11.5 Å². The Kier molecular flexibility index (Phi) is 3.52. The number of carboxylic acids is 1. The van der Waals surface area contributed by atoms with E-state index in [0.717, 1.165) is 5.56 Å². The Morgan fingerprint density at radius 3 is 2.21 bits per heavy atom. The Hall–Kier alpha value is -2.75. The van der Waals surface area contributed by atoms with Gasteiger partial charge in [0, 0.05) is 0 Å². The van der Waals surface area contributed by atoms with Crippen molar-refractivity contribution >= 4 is 17.6 Å². The molecule has 0 saturated carbocycles. The molecule has 0 aliphatic rings. The van der Waals surface area contributed by atoms with E-state index in [1.165, 1.54) is 24.3 Å². The van der Waals surface area contributed by atoms with Crippen LogP contribution in [0.2, 0.25) is 0 Å². The minimum atomic E-state index is -1.10. The average molecular weight is 256 g/mol. The van der Waals surface area contributed by atoms with Crippen LogP contribution in [-0.4, -0.2) is 21.3 Å². The zero-order valence-electron chi connectivity index (χ0n) is 9.95. The summed E-state index contributed by atoms with van der Waals surface area (Å²) in [5.74, 6) is -1.74. The SMILES string of the molecule is O=C(O)/C(=C/c1ccccc1)c1ccc(O)c(O)c1. The van der Waals surface area contributed by atoms with Crippen molar-refractivity contribution in [1.29, 1.82) is 0 Å². The van der Waals surface area contributed by atoms with E-state index >= 15 is 0 Å². The first-order valence-corrected chi connectivity index (χ1v) is 5.60. The van der Waals surface area contributed by atoms with Crippen molar-refractivity contribution in [3.05, 3.63) is 59.7 Å². The number of phenolic OH excluding ortho intramolecular Hbond substituents is 2. The van der Waals surface area contributed by atoms with E-state index in [2.05, 4.69) is 0 Å². The maximum atomic E-state index is 11.3. The molecule has 0 heterocycles. The summed E-state index contributed by atoms with van der Waals surface area (Å²) in [6.45, 7) is 0. The van der Waals surface area contributed by atoms with Gasteiger partial charge in [-0.15, -0.1) is 0 Å². The van der Waals surface area contributed by atoms with Crippen LogP contribution in [0.15, 0.2) is 48.5 Å². The molecule has 4 heteroatoms. The Labute approximate surface area is 109 Å². The number of benzene rings is 2. The second-order valence-electron chi connectivity index (χ2n) is 3.98. The van der Waals surface area contributed by atoms with Gasteiger partial charge in [-0.2, -0.15) is 0 Å². The third-order valence-electron chi connectivity index (χ3n) is 2.63. The summed E-state index contributed by atoms with van der Waals surface area (Å²) < 4.78 is 0. The van der Waals surface area contributed by atoms with Gasteiger partial charge < -0.3 is 15.3 Å². The summed E-state index contributed by atoms with van der Waals surface area (Å²) in [6.07, 6.45) is 1.51. The zero-order valence-corrected chi connectivity index (χ0v) is 9.95. The van der Waals surface area contributed by atoms with Crippen molar-refractivity contribution in [2.45, 2.75) is 0 Å². The Balaban J connectivity index is 2.49. The standard InChI is InChI=1S/C15H12O4/c16-13-7-6-11(9-14(13)17)12(15(18)19)8-10-4-2-1-3-5-10/h1-9,16-17H,(H,18,19)/b12-8+. The Morgan fingerprint density at radius 2 is 1.63 bits per heavy atom. The van der Waals surface area contributed by atoms with Gasteiger partial charge in [-0.1, -0.05) is 36.4 Å². The van der Waals surface area contributed by atoms with Crippen LogP contribution in [0.1, 0.15) is 11.1 Å². The maximum absolute atomic E-state index is 11.3. The van der Waals surface area contributed by atoms with Crippen molar-refractivity contribution in [1.82, 2.24) is 0 Å². The lowest BCUT2D eigenvalue weighted by Gasteiger charge is -2.05. The molecular formula is C15H12O4. The number of rotatable bonds is 3. The minimum absolute atomic E-state index is 0.0431. The number of hydrogen-bond acceptors (Lipinski definition) is 3. The van der Waals surface area contributed by atoms with Gasteiger partial charge in [0.1, 0.15) is 0 Å². The molecular weight excluding hydrogens is 244 g/mol. The van der Waals surface area contributed by atoms with Crippen LogP contribution in [-0.2, 0) is 4.79 Å². The van der Waals surface area contributed by atoms with Gasteiger partial charge in [0.2, 0.25) is 0 Å². The number of phenols is 2. The molecule has 0 saturated heterocycles. The fourth-order valence-electron chi connectivity index (χ4n) is 1.68. The lowest BCUT2D eigenvalue weighted by atomic mass is 10.0. The third-order valence-corrected chi connectivity index (χ3v) is 2.63. The molecule has 0 radical (unpaired) electrons. The smallest absolute Gasteiger partial charge is 0.336 e. The van der Waals surface area contributed by atoms with Crippen molar-refractivity contribution in [3.8, 4) is 11.5 Å². The number of carboxylic acid groups (broad SMARTS) is 1. The minimum Gasteiger partial charge on any atom is -0.504 e. The number of hydrogen-bond donors (Lipinski definition) is 3. The van der Waals surface area contributed by atoms with Gasteiger partial charge in [0.25, 0.3) is 0 Å². The van der Waals surface area contributed by atoms with Crippen LogP contribution in [0.4, 0.5) is 0 Å². The summed E-state index contributed by atoms with van der Waals surface area (Å²) in [7, 11) is 0. The fourth-order valence-corrected chi connectivity index (χ4v) is 1.68. The summed E-state index contributed by atoms with van der Waals surface area (Å²) in [5.41, 5.74) is 1.11. The van der Waals surface area contributed by atoms with Crippen LogP contribution >= 0.6 is 0 Å². The maximum Gasteiger partial charge on any atom is 0.336 e. The van der Waals surface area contributed by atoms with E-state index in [1.54, 1.807) is 24.3 Å². The van der Waals surface area contributed by atoms with Crippen molar-refractivity contribution < 1.29 is 20.1 Å². The van der Waals surface area contributed by atoms with Gasteiger partial charge in [-0.25, -0.2) is 4.79 Å². The molecule has 19 heavy (non-hydrogen) atoms. The first-order chi connectivity index (χ1) is 9.08. The van der Waals surface area contributed by atoms with E-state index in [4.69, 9.17) is 0 Å². The summed E-state index contributed by atoms with van der Waals surface area (Å²) in [4.78, 5) is 11.3. The predicted molar refractivity (Wildman–Crippen MR) is 71.7 cm³/mol. The molecule has 0 aromatic heterocycles. The first-order valence-electron chi connectivity index (χ1n) is 5.60. The molecule has 0 aliphatic carbocycles. The molecule has 0 bridgehead atoms. The second kappa shape index (κ2) is 5.27. The van der Waals surface area contributed by atoms with E-state index in [0.29, 0.717) is 5.56 Å². The highest BCUT2D eigenvalue weighted by Gasteiger charge is 2.12. The lowest BCUT2D eigenvalue weighted by molar-refractivity contribution is -0.130. The highest BCUT2D eigenvalue weighted by Crippen LogP contribution is 2.29. The highest BCUT2D eigenvalue weighted by atomic mass is 16.4. The highest BCUT2D eigenvalue weighted by molar-refractivity contribution is 6.20. The number of carbonyl (C=O) groups is 1. The van der Waals surface area contributed by atoms with Crippen LogP contribution in [0.5, 0.6) is 11.5 Å². The van der Waals surface area contributed by atoms with Crippen LogP contribution in [0.25, 0.3) is 11.6 Å². The Bertz CT molecular complexity index is 630. The molecule has 0 unspecified atom stereocenters. The van der Waals surface area contributed by atoms with E-state index in [9.17, 15) is 20.1 Å². The molecule has 2 aromatic carbocycles. The van der Waals surface area contributed by atoms with Crippen LogP contribution in [0, 0.1) is 0 Å². The molecule has 2 aromatic rings. The summed E-state index contributed by atoms with van der Waals surface area (Å²) in [5, 5.41) is 27.9. The molecule has 2 rings (SSSR count). The average Bonchev–Trinajstić information content (AvgIpc) is 2.40. The van der Waals surface area contributed by atoms with Gasteiger partial charge >= 0.3 is 5.97 Å². The molecule has 3 N–H and O–H groups in total. The number of aliphatic carboxylic acids is 1. The first kappa shape index (κ1) is 12.7. The normalized spacial score (nSPS) is 11.3. The fraction of sp³-hybridized carbons (Fsp3) is 0. The number of aromatic hydroxyl groups is 2. The third kappa shape index (κ3) is 2.93. The van der Waals surface area contributed by atoms with Gasteiger partial charge in [-0.3, -0.25) is 0 Å². The zero-order chi connectivity index (χ0) is 13.8. The Morgan fingerprint density at radius 1 is 0.947 bits per heavy atom. The van der Waals surface area contributed by atoms with Crippen LogP contribution in [0.3, 0.4) is 0 Å². The van der Waals surface area contributed by atoms with E-state index < -0.39 is 5.97 Å². The predicted octanol–water partition coefficient (Wildman–Crippen LogP) is 2.72. The largest absolute Gasteiger partial charge is 0.504 e. The van der Waals surface area contributed by atoms with Crippen molar-refractivity contribution in [2.24, 2.45) is 0 Å².